The molecule has 0 bridgehead atoms. The van der Waals surface area contributed by atoms with Crippen LogP contribution in [0.3, 0.4) is 0 Å². The summed E-state index contributed by atoms with van der Waals surface area (Å²) in [6, 6.07) is 14.2. The van der Waals surface area contributed by atoms with Crippen molar-refractivity contribution in [3.05, 3.63) is 59.9 Å². The van der Waals surface area contributed by atoms with E-state index in [1.807, 2.05) is 24.4 Å². The third-order valence-electron chi connectivity index (χ3n) is 6.36. The molecule has 0 aliphatic carbocycles. The Morgan fingerprint density at radius 1 is 0.871 bits per heavy atom. The second-order valence-electron chi connectivity index (χ2n) is 8.52. The zero-order chi connectivity index (χ0) is 21.0. The molecule has 2 aliphatic rings. The maximum Gasteiger partial charge on any atom is 0.175 e. The molecule has 8 heteroatoms. The summed E-state index contributed by atoms with van der Waals surface area (Å²) >= 11 is 0. The van der Waals surface area contributed by atoms with E-state index in [1.165, 1.54) is 6.26 Å². The van der Waals surface area contributed by atoms with E-state index in [9.17, 15) is 8.42 Å². The number of rotatable bonds is 6. The van der Waals surface area contributed by atoms with Gasteiger partial charge in [0.2, 0.25) is 0 Å². The number of hydrogen-bond acceptors (Lipinski definition) is 6. The minimum atomic E-state index is -3.18. The number of aromatic nitrogens is 1. The number of halogens is 1. The Morgan fingerprint density at radius 3 is 2.16 bits per heavy atom. The molecule has 0 atom stereocenters. The van der Waals surface area contributed by atoms with Gasteiger partial charge in [-0.3, -0.25) is 19.7 Å². The van der Waals surface area contributed by atoms with E-state index in [0.717, 1.165) is 69.9 Å². The molecule has 0 unspecified atom stereocenters. The van der Waals surface area contributed by atoms with Crippen LogP contribution >= 0.6 is 12.4 Å². The van der Waals surface area contributed by atoms with E-state index in [4.69, 9.17) is 0 Å². The molecule has 170 valence electrons. The summed E-state index contributed by atoms with van der Waals surface area (Å²) in [6.07, 6.45) is 5.47. The van der Waals surface area contributed by atoms with E-state index in [1.54, 1.807) is 12.1 Å². The van der Waals surface area contributed by atoms with Gasteiger partial charge >= 0.3 is 0 Å². The molecular formula is C23H33ClN4O2S. The number of piperidine rings is 1. The highest BCUT2D eigenvalue weighted by molar-refractivity contribution is 7.90. The summed E-state index contributed by atoms with van der Waals surface area (Å²) in [4.78, 5) is 12.5. The molecule has 31 heavy (non-hydrogen) atoms. The maximum absolute atomic E-state index is 12.1. The third kappa shape index (κ3) is 6.49. The highest BCUT2D eigenvalue weighted by atomic mass is 35.5. The summed E-state index contributed by atoms with van der Waals surface area (Å²) in [5.74, 6) is 0. The number of benzene rings is 1. The second-order valence-corrected chi connectivity index (χ2v) is 10.5. The van der Waals surface area contributed by atoms with Crippen molar-refractivity contribution in [3.63, 3.8) is 0 Å². The van der Waals surface area contributed by atoms with Crippen LogP contribution in [0.4, 0.5) is 0 Å². The number of piperazine rings is 1. The average Bonchev–Trinajstić information content (AvgIpc) is 2.75. The van der Waals surface area contributed by atoms with Gasteiger partial charge in [0.25, 0.3) is 0 Å². The lowest BCUT2D eigenvalue weighted by molar-refractivity contribution is 0.0544. The fourth-order valence-electron chi connectivity index (χ4n) is 4.69. The van der Waals surface area contributed by atoms with Crippen LogP contribution in [0.15, 0.2) is 53.6 Å². The van der Waals surface area contributed by atoms with Crippen LogP contribution in [0.5, 0.6) is 0 Å². The zero-order valence-electron chi connectivity index (χ0n) is 18.2. The summed E-state index contributed by atoms with van der Waals surface area (Å²) < 4.78 is 24.1. The Labute approximate surface area is 192 Å². The van der Waals surface area contributed by atoms with E-state index in [0.29, 0.717) is 17.5 Å². The Morgan fingerprint density at radius 2 is 1.52 bits per heavy atom. The summed E-state index contributed by atoms with van der Waals surface area (Å²) in [6.45, 7) is 8.13. The monoisotopic (exact) mass is 464 g/mol. The fraction of sp³-hybridized carbons (Fsp3) is 0.522. The van der Waals surface area contributed by atoms with E-state index < -0.39 is 9.84 Å². The highest BCUT2D eigenvalue weighted by Gasteiger charge is 2.28. The normalized spacial score (nSPS) is 19.8. The van der Waals surface area contributed by atoms with Crippen molar-refractivity contribution in [1.29, 1.82) is 0 Å². The van der Waals surface area contributed by atoms with Crippen LogP contribution < -0.4 is 0 Å². The largest absolute Gasteiger partial charge is 0.299 e. The van der Waals surface area contributed by atoms with Gasteiger partial charge in [-0.15, -0.1) is 12.4 Å². The Balaban J connectivity index is 0.00000272. The molecule has 0 radical (unpaired) electrons. The van der Waals surface area contributed by atoms with Gasteiger partial charge in [0, 0.05) is 57.8 Å². The van der Waals surface area contributed by atoms with Gasteiger partial charge in [0.1, 0.15) is 0 Å². The first-order valence-corrected chi connectivity index (χ1v) is 12.7. The van der Waals surface area contributed by atoms with Gasteiger partial charge in [-0.1, -0.05) is 24.3 Å². The van der Waals surface area contributed by atoms with Crippen LogP contribution in [0.25, 0.3) is 0 Å². The quantitative estimate of drug-likeness (QED) is 0.655. The lowest BCUT2D eigenvalue weighted by atomic mass is 10.0. The summed E-state index contributed by atoms with van der Waals surface area (Å²) in [7, 11) is -3.18. The Bertz CT molecular complexity index is 926. The first-order valence-electron chi connectivity index (χ1n) is 10.9. The molecule has 1 aromatic heterocycles. The van der Waals surface area contributed by atoms with Gasteiger partial charge in [0.15, 0.2) is 9.84 Å². The molecule has 0 spiro atoms. The standard InChI is InChI=1S/C23H32N4O2S.ClH/c1-30(28,29)23-8-3-2-6-20(23)18-25-12-9-22(10-13-25)27-16-14-26(15-17-27)19-21-7-4-5-11-24-21;/h2-8,11,22H,9-10,12-19H2,1H3;1H. The van der Waals surface area contributed by atoms with Crippen LogP contribution in [0, 0.1) is 0 Å². The molecule has 1 aromatic carbocycles. The third-order valence-corrected chi connectivity index (χ3v) is 7.56. The highest BCUT2D eigenvalue weighted by Crippen LogP contribution is 2.23. The van der Waals surface area contributed by atoms with Crippen LogP contribution in [0.1, 0.15) is 24.1 Å². The minimum absolute atomic E-state index is 0. The molecule has 2 aromatic rings. The van der Waals surface area contributed by atoms with Crippen molar-refractivity contribution in [3.8, 4) is 0 Å². The Kier molecular flexibility index (Phi) is 8.47. The number of pyridine rings is 1. The van der Waals surface area contributed by atoms with Gasteiger partial charge in [-0.05, 0) is 49.7 Å². The van der Waals surface area contributed by atoms with Crippen LogP contribution in [0.2, 0.25) is 0 Å². The molecule has 0 saturated carbocycles. The summed E-state index contributed by atoms with van der Waals surface area (Å²) in [5, 5.41) is 0. The predicted molar refractivity (Wildman–Crippen MR) is 126 cm³/mol. The van der Waals surface area contributed by atoms with E-state index >= 15 is 0 Å². The number of hydrogen-bond donors (Lipinski definition) is 0. The predicted octanol–water partition coefficient (Wildman–Crippen LogP) is 2.69. The van der Waals surface area contributed by atoms with E-state index in [2.05, 4.69) is 31.8 Å². The smallest absolute Gasteiger partial charge is 0.175 e. The molecular weight excluding hydrogens is 432 g/mol. The topological polar surface area (TPSA) is 56.8 Å². The number of likely N-dealkylation sites (tertiary alicyclic amines) is 1. The van der Waals surface area contributed by atoms with E-state index in [-0.39, 0.29) is 12.4 Å². The minimum Gasteiger partial charge on any atom is -0.299 e. The molecule has 4 rings (SSSR count). The SMILES string of the molecule is CS(=O)(=O)c1ccccc1CN1CCC(N2CCN(Cc3ccccn3)CC2)CC1.Cl. The van der Waals surface area contributed by atoms with Gasteiger partial charge in [-0.2, -0.15) is 0 Å². The lowest BCUT2D eigenvalue weighted by Gasteiger charge is -2.42. The first kappa shape index (κ1) is 24.1. The molecule has 2 aliphatic heterocycles. The molecule has 3 heterocycles. The lowest BCUT2D eigenvalue weighted by Crippen LogP contribution is -2.52. The number of sulfone groups is 1. The number of nitrogens with zero attached hydrogens (tertiary/aromatic N) is 4. The molecule has 0 N–H and O–H groups in total. The maximum atomic E-state index is 12.1. The molecule has 0 amide bonds. The second kappa shape index (κ2) is 10.9. The fourth-order valence-corrected chi connectivity index (χ4v) is 5.62. The van der Waals surface area contributed by atoms with Crippen molar-refractivity contribution in [2.75, 3.05) is 45.5 Å². The van der Waals surface area contributed by atoms with Crippen molar-refractivity contribution >= 4 is 22.2 Å². The van der Waals surface area contributed by atoms with Crippen molar-refractivity contribution in [2.24, 2.45) is 0 Å². The van der Waals surface area contributed by atoms with Gasteiger partial charge < -0.3 is 0 Å². The Hall–Kier alpha value is -1.51. The van der Waals surface area contributed by atoms with Crippen molar-refractivity contribution in [2.45, 2.75) is 36.9 Å². The van der Waals surface area contributed by atoms with Crippen molar-refractivity contribution in [1.82, 2.24) is 19.7 Å². The molecule has 2 saturated heterocycles. The molecule has 2 fully saturated rings. The van der Waals surface area contributed by atoms with Crippen LogP contribution in [-0.2, 0) is 22.9 Å². The van der Waals surface area contributed by atoms with Gasteiger partial charge in [-0.25, -0.2) is 8.42 Å². The van der Waals surface area contributed by atoms with Crippen LogP contribution in [-0.4, -0.2) is 79.7 Å². The average molecular weight is 465 g/mol. The summed E-state index contributed by atoms with van der Waals surface area (Å²) in [5.41, 5.74) is 2.07. The first-order chi connectivity index (χ1) is 14.5. The molecule has 6 nitrogen and oxygen atoms in total. The zero-order valence-corrected chi connectivity index (χ0v) is 19.8. The van der Waals surface area contributed by atoms with Crippen molar-refractivity contribution < 1.29 is 8.42 Å². The van der Waals surface area contributed by atoms with Gasteiger partial charge in [0.05, 0.1) is 10.6 Å².